The number of hydrazone groups is 1. The van der Waals surface area contributed by atoms with Gasteiger partial charge in [-0.2, -0.15) is 5.10 Å². The lowest BCUT2D eigenvalue weighted by Gasteiger charge is -1.97. The summed E-state index contributed by atoms with van der Waals surface area (Å²) in [4.78, 5) is 27.2. The van der Waals surface area contributed by atoms with Crippen molar-refractivity contribution >= 4 is 17.9 Å². The summed E-state index contributed by atoms with van der Waals surface area (Å²) >= 11 is 0. The Labute approximate surface area is 111 Å². The lowest BCUT2D eigenvalue weighted by Crippen LogP contribution is -2.19. The van der Waals surface area contributed by atoms with E-state index in [-0.39, 0.29) is 5.56 Å². The van der Waals surface area contributed by atoms with Crippen LogP contribution in [0.15, 0.2) is 35.7 Å². The summed E-state index contributed by atoms with van der Waals surface area (Å²) < 4.78 is 13.2. The average Bonchev–Trinajstić information content (AvgIpc) is 2.90. The number of carbonyl (C=O) groups excluding carboxylic acids is 1. The van der Waals surface area contributed by atoms with E-state index in [0.717, 1.165) is 12.5 Å². The Kier molecular flexibility index (Phi) is 3.80. The van der Waals surface area contributed by atoms with Crippen molar-refractivity contribution in [3.05, 3.63) is 57.8 Å². The number of hydrogen-bond donors (Lipinski definition) is 2. The molecular formula is C11H8FN5O3. The molecule has 20 heavy (non-hydrogen) atoms. The normalized spacial score (nSPS) is 10.7. The first-order valence-corrected chi connectivity index (χ1v) is 5.35. The number of amides is 1. The van der Waals surface area contributed by atoms with Crippen LogP contribution in [0, 0.1) is 15.9 Å². The van der Waals surface area contributed by atoms with Gasteiger partial charge < -0.3 is 10.1 Å². The molecule has 0 aliphatic heterocycles. The molecular weight excluding hydrogens is 269 g/mol. The van der Waals surface area contributed by atoms with Gasteiger partial charge in [0.05, 0.1) is 6.21 Å². The summed E-state index contributed by atoms with van der Waals surface area (Å²) in [6.45, 7) is 0. The molecule has 0 fully saturated rings. The second-order valence-electron chi connectivity index (χ2n) is 3.58. The summed E-state index contributed by atoms with van der Waals surface area (Å²) in [5.74, 6) is -1.91. The maximum Gasteiger partial charge on any atom is 0.353 e. The van der Waals surface area contributed by atoms with Crippen LogP contribution >= 0.6 is 0 Å². The third-order valence-electron chi connectivity index (χ3n) is 2.29. The number of rotatable bonds is 4. The molecule has 0 bridgehead atoms. The van der Waals surface area contributed by atoms with Crippen LogP contribution in [-0.4, -0.2) is 27.0 Å². The van der Waals surface area contributed by atoms with Crippen molar-refractivity contribution in [3.8, 4) is 0 Å². The fourth-order valence-electron chi connectivity index (χ4n) is 1.39. The third-order valence-corrected chi connectivity index (χ3v) is 2.29. The van der Waals surface area contributed by atoms with E-state index >= 15 is 0 Å². The van der Waals surface area contributed by atoms with Crippen LogP contribution in [0.4, 0.5) is 10.2 Å². The van der Waals surface area contributed by atoms with Crippen LogP contribution in [0.5, 0.6) is 0 Å². The molecule has 0 radical (unpaired) electrons. The van der Waals surface area contributed by atoms with Gasteiger partial charge >= 0.3 is 5.82 Å². The molecule has 0 unspecified atom stereocenters. The number of H-pyrrole nitrogens is 1. The summed E-state index contributed by atoms with van der Waals surface area (Å²) in [7, 11) is 0. The third kappa shape index (κ3) is 2.83. The molecule has 0 saturated carbocycles. The SMILES string of the molecule is O=C(N/N=C/c1ccccc1F)c1nc[nH]c1[N+](=O)[O-]. The highest BCUT2D eigenvalue weighted by Crippen LogP contribution is 2.11. The number of imidazole rings is 1. The van der Waals surface area contributed by atoms with Crippen LogP contribution in [0.25, 0.3) is 0 Å². The van der Waals surface area contributed by atoms with Gasteiger partial charge in [0.25, 0.3) is 5.91 Å². The summed E-state index contributed by atoms with van der Waals surface area (Å²) in [5.41, 5.74) is 1.80. The molecule has 0 spiro atoms. The standard InChI is InChI=1S/C11H8FN5O3/c12-8-4-2-1-3-7(8)5-15-16-11(18)9-10(17(19)20)14-6-13-9/h1-6H,(H,13,14)(H,16,18)/b15-5+. The second kappa shape index (κ2) is 5.69. The summed E-state index contributed by atoms with van der Waals surface area (Å²) in [5, 5.41) is 14.1. The number of aromatic amines is 1. The van der Waals surface area contributed by atoms with Gasteiger partial charge in [0.15, 0.2) is 6.33 Å². The van der Waals surface area contributed by atoms with Gasteiger partial charge in [-0.25, -0.2) is 19.8 Å². The van der Waals surface area contributed by atoms with E-state index in [4.69, 9.17) is 0 Å². The highest BCUT2D eigenvalue weighted by Gasteiger charge is 2.21. The Hall–Kier alpha value is -3.10. The average molecular weight is 277 g/mol. The lowest BCUT2D eigenvalue weighted by atomic mass is 10.2. The number of hydrogen-bond acceptors (Lipinski definition) is 5. The Morgan fingerprint density at radius 1 is 1.50 bits per heavy atom. The molecule has 0 aliphatic carbocycles. The largest absolute Gasteiger partial charge is 0.358 e. The molecule has 8 nitrogen and oxygen atoms in total. The number of aromatic nitrogens is 2. The number of nitro groups is 1. The fraction of sp³-hybridized carbons (Fsp3) is 0. The van der Waals surface area contributed by atoms with Crippen LogP contribution in [-0.2, 0) is 0 Å². The predicted molar refractivity (Wildman–Crippen MR) is 66.7 cm³/mol. The minimum Gasteiger partial charge on any atom is -0.358 e. The van der Waals surface area contributed by atoms with Crippen molar-refractivity contribution in [2.75, 3.05) is 0 Å². The van der Waals surface area contributed by atoms with E-state index in [9.17, 15) is 19.3 Å². The number of benzene rings is 1. The molecule has 2 N–H and O–H groups in total. The van der Waals surface area contributed by atoms with E-state index in [1.54, 1.807) is 6.07 Å². The van der Waals surface area contributed by atoms with Crippen molar-refractivity contribution in [1.82, 2.24) is 15.4 Å². The minimum atomic E-state index is -0.870. The Balaban J connectivity index is 2.08. The second-order valence-corrected chi connectivity index (χ2v) is 3.58. The van der Waals surface area contributed by atoms with Crippen molar-refractivity contribution in [3.63, 3.8) is 0 Å². The molecule has 2 aromatic rings. The molecule has 9 heteroatoms. The first kappa shape index (κ1) is 13.3. The molecule has 2 rings (SSSR count). The molecule has 1 aromatic heterocycles. The van der Waals surface area contributed by atoms with Crippen molar-refractivity contribution < 1.29 is 14.1 Å². The Morgan fingerprint density at radius 2 is 2.25 bits per heavy atom. The van der Waals surface area contributed by atoms with Crippen molar-refractivity contribution in [2.45, 2.75) is 0 Å². The molecule has 0 saturated heterocycles. The van der Waals surface area contributed by atoms with Gasteiger partial charge in [-0.3, -0.25) is 4.79 Å². The van der Waals surface area contributed by atoms with Gasteiger partial charge in [0.2, 0.25) is 5.69 Å². The van der Waals surface area contributed by atoms with Gasteiger partial charge in [0, 0.05) is 5.56 Å². The number of carbonyl (C=O) groups is 1. The predicted octanol–water partition coefficient (Wildman–Crippen LogP) is 1.22. The van der Waals surface area contributed by atoms with Crippen LogP contribution in [0.2, 0.25) is 0 Å². The van der Waals surface area contributed by atoms with Crippen LogP contribution in [0.3, 0.4) is 0 Å². The van der Waals surface area contributed by atoms with E-state index in [1.165, 1.54) is 18.2 Å². The van der Waals surface area contributed by atoms with E-state index in [0.29, 0.717) is 0 Å². The van der Waals surface area contributed by atoms with E-state index in [2.05, 4.69) is 15.1 Å². The monoisotopic (exact) mass is 277 g/mol. The first-order valence-electron chi connectivity index (χ1n) is 5.35. The van der Waals surface area contributed by atoms with Gasteiger partial charge in [-0.15, -0.1) is 0 Å². The van der Waals surface area contributed by atoms with Crippen LogP contribution < -0.4 is 5.43 Å². The smallest absolute Gasteiger partial charge is 0.353 e. The van der Waals surface area contributed by atoms with Gasteiger partial charge in [-0.05, 0) is 11.0 Å². The molecule has 1 aromatic carbocycles. The maximum atomic E-state index is 13.2. The minimum absolute atomic E-state index is 0.171. The van der Waals surface area contributed by atoms with Gasteiger partial charge in [-0.1, -0.05) is 18.2 Å². The highest BCUT2D eigenvalue weighted by molar-refractivity contribution is 5.96. The van der Waals surface area contributed by atoms with Gasteiger partial charge in [0.1, 0.15) is 5.82 Å². The quantitative estimate of drug-likeness (QED) is 0.497. The Morgan fingerprint density at radius 3 is 2.95 bits per heavy atom. The molecule has 102 valence electrons. The van der Waals surface area contributed by atoms with Crippen molar-refractivity contribution in [2.24, 2.45) is 5.10 Å². The zero-order valence-electron chi connectivity index (χ0n) is 9.91. The van der Waals surface area contributed by atoms with Crippen molar-refractivity contribution in [1.29, 1.82) is 0 Å². The summed E-state index contributed by atoms with van der Waals surface area (Å²) in [6.07, 6.45) is 2.11. The molecule has 0 aliphatic rings. The fourth-order valence-corrected chi connectivity index (χ4v) is 1.39. The zero-order chi connectivity index (χ0) is 14.5. The molecule has 0 atom stereocenters. The summed E-state index contributed by atoms with van der Waals surface area (Å²) in [6, 6.07) is 5.81. The molecule has 1 amide bonds. The highest BCUT2D eigenvalue weighted by atomic mass is 19.1. The number of nitrogens with zero attached hydrogens (tertiary/aromatic N) is 3. The lowest BCUT2D eigenvalue weighted by molar-refractivity contribution is -0.389. The topological polar surface area (TPSA) is 113 Å². The van der Waals surface area contributed by atoms with E-state index in [1.807, 2.05) is 5.43 Å². The maximum absolute atomic E-state index is 13.2. The zero-order valence-corrected chi connectivity index (χ0v) is 9.91. The number of halogens is 1. The Bertz CT molecular complexity index is 682. The molecule has 1 heterocycles. The van der Waals surface area contributed by atoms with E-state index < -0.39 is 28.2 Å². The van der Waals surface area contributed by atoms with Crippen LogP contribution in [0.1, 0.15) is 16.1 Å². The number of nitrogens with one attached hydrogen (secondary N) is 2. The first-order chi connectivity index (χ1) is 9.59.